The number of ether oxygens (including phenoxy) is 3. The fourth-order valence-corrected chi connectivity index (χ4v) is 2.39. The molecule has 1 aromatic carbocycles. The lowest BCUT2D eigenvalue weighted by atomic mass is 10.1. The Labute approximate surface area is 161 Å². The minimum atomic E-state index is -0.805. The zero-order valence-electron chi connectivity index (χ0n) is 15.5. The normalized spacial score (nSPS) is 15.3. The largest absolute Gasteiger partial charge is 0.493 e. The van der Waals surface area contributed by atoms with Crippen molar-refractivity contribution in [1.82, 2.24) is 10.2 Å². The molecule has 1 fully saturated rings. The number of benzene rings is 1. The van der Waals surface area contributed by atoms with Crippen molar-refractivity contribution in [2.45, 2.75) is 6.92 Å². The number of esters is 1. The summed E-state index contributed by atoms with van der Waals surface area (Å²) in [6, 6.07) is 3.85. The molecule has 0 radical (unpaired) electrons. The van der Waals surface area contributed by atoms with Crippen LogP contribution in [0.5, 0.6) is 11.5 Å². The SMILES string of the molecule is C=CCN1C(=O)NC(=O)/C(=C\c2ccc(OC)c(OCC(=O)OCC)c2)C1=O. The number of nitrogens with zero attached hydrogens (tertiary/aromatic N) is 1. The standard InChI is InChI=1S/C19H20N2O7/c1-4-8-21-18(24)13(17(23)20-19(21)25)9-12-6-7-14(26-3)15(10-12)28-11-16(22)27-5-2/h4,6-7,9-10H,1,5,8,11H2,2-3H3,(H,20,23,25)/b13-9+. The second-order valence-corrected chi connectivity index (χ2v) is 5.53. The van der Waals surface area contributed by atoms with Gasteiger partial charge in [0.15, 0.2) is 18.1 Å². The van der Waals surface area contributed by atoms with Gasteiger partial charge in [0.05, 0.1) is 13.7 Å². The van der Waals surface area contributed by atoms with E-state index < -0.39 is 23.8 Å². The van der Waals surface area contributed by atoms with E-state index in [0.29, 0.717) is 11.3 Å². The lowest BCUT2D eigenvalue weighted by Crippen LogP contribution is -2.54. The molecule has 1 heterocycles. The Morgan fingerprint density at radius 2 is 2.00 bits per heavy atom. The van der Waals surface area contributed by atoms with Crippen molar-refractivity contribution in [3.05, 3.63) is 42.0 Å². The monoisotopic (exact) mass is 388 g/mol. The first kappa shape index (κ1) is 20.7. The number of methoxy groups -OCH3 is 1. The van der Waals surface area contributed by atoms with E-state index in [-0.39, 0.29) is 31.1 Å². The third-order valence-electron chi connectivity index (χ3n) is 3.65. The molecule has 9 heteroatoms. The van der Waals surface area contributed by atoms with Crippen LogP contribution in [-0.2, 0) is 19.1 Å². The van der Waals surface area contributed by atoms with E-state index in [1.54, 1.807) is 19.1 Å². The van der Waals surface area contributed by atoms with Gasteiger partial charge in [0, 0.05) is 6.54 Å². The summed E-state index contributed by atoms with van der Waals surface area (Å²) in [5.74, 6) is -1.51. The lowest BCUT2D eigenvalue weighted by Gasteiger charge is -2.25. The Morgan fingerprint density at radius 3 is 2.64 bits per heavy atom. The van der Waals surface area contributed by atoms with E-state index in [9.17, 15) is 19.2 Å². The van der Waals surface area contributed by atoms with Crippen molar-refractivity contribution >= 4 is 29.9 Å². The smallest absolute Gasteiger partial charge is 0.344 e. The highest BCUT2D eigenvalue weighted by atomic mass is 16.6. The van der Waals surface area contributed by atoms with Crippen LogP contribution in [-0.4, -0.2) is 55.6 Å². The number of rotatable bonds is 8. The fraction of sp³-hybridized carbons (Fsp3) is 0.263. The number of carbonyl (C=O) groups excluding carboxylic acids is 4. The van der Waals surface area contributed by atoms with Gasteiger partial charge in [-0.25, -0.2) is 9.59 Å². The zero-order chi connectivity index (χ0) is 20.7. The van der Waals surface area contributed by atoms with Gasteiger partial charge in [-0.05, 0) is 30.7 Å². The molecule has 1 N–H and O–H groups in total. The molecule has 0 atom stereocenters. The summed E-state index contributed by atoms with van der Waals surface area (Å²) in [6.45, 7) is 5.02. The first-order valence-electron chi connectivity index (χ1n) is 8.37. The Kier molecular flexibility index (Phi) is 6.91. The third kappa shape index (κ3) is 4.76. The number of barbiturate groups is 1. The fourth-order valence-electron chi connectivity index (χ4n) is 2.39. The second kappa shape index (κ2) is 9.36. The van der Waals surface area contributed by atoms with Gasteiger partial charge in [-0.1, -0.05) is 12.1 Å². The zero-order valence-corrected chi connectivity index (χ0v) is 15.5. The van der Waals surface area contributed by atoms with Crippen LogP contribution in [0.15, 0.2) is 36.4 Å². The summed E-state index contributed by atoms with van der Waals surface area (Å²) in [5.41, 5.74) is 0.217. The van der Waals surface area contributed by atoms with Crippen LogP contribution < -0.4 is 14.8 Å². The molecule has 1 aromatic rings. The van der Waals surface area contributed by atoms with Gasteiger partial charge in [-0.15, -0.1) is 6.58 Å². The molecule has 9 nitrogen and oxygen atoms in total. The average Bonchev–Trinajstić information content (AvgIpc) is 2.67. The van der Waals surface area contributed by atoms with Crippen molar-refractivity contribution < 1.29 is 33.4 Å². The van der Waals surface area contributed by atoms with Gasteiger partial charge >= 0.3 is 12.0 Å². The number of amides is 4. The van der Waals surface area contributed by atoms with Gasteiger partial charge in [-0.2, -0.15) is 0 Å². The number of urea groups is 1. The Bertz CT molecular complexity index is 845. The van der Waals surface area contributed by atoms with Crippen LogP contribution in [0, 0.1) is 0 Å². The molecule has 4 amide bonds. The second-order valence-electron chi connectivity index (χ2n) is 5.53. The predicted molar refractivity (Wildman–Crippen MR) is 98.5 cm³/mol. The van der Waals surface area contributed by atoms with Crippen LogP contribution in [0.2, 0.25) is 0 Å². The van der Waals surface area contributed by atoms with Crippen molar-refractivity contribution in [2.75, 3.05) is 26.9 Å². The first-order chi connectivity index (χ1) is 13.4. The van der Waals surface area contributed by atoms with Gasteiger partial charge in [0.2, 0.25) is 0 Å². The highest BCUT2D eigenvalue weighted by Crippen LogP contribution is 2.29. The maximum absolute atomic E-state index is 12.4. The number of carbonyl (C=O) groups is 4. The van der Waals surface area contributed by atoms with E-state index in [1.807, 2.05) is 0 Å². The first-order valence-corrected chi connectivity index (χ1v) is 8.37. The molecule has 0 saturated carbocycles. The van der Waals surface area contributed by atoms with Crippen LogP contribution in [0.25, 0.3) is 6.08 Å². The van der Waals surface area contributed by atoms with Gasteiger partial charge < -0.3 is 14.2 Å². The quantitative estimate of drug-likeness (QED) is 0.309. The summed E-state index contributed by atoms with van der Waals surface area (Å²) >= 11 is 0. The number of imide groups is 2. The lowest BCUT2D eigenvalue weighted by molar-refractivity contribution is -0.145. The molecule has 28 heavy (non-hydrogen) atoms. The van der Waals surface area contributed by atoms with Crippen LogP contribution in [0.1, 0.15) is 12.5 Å². The highest BCUT2D eigenvalue weighted by Gasteiger charge is 2.34. The van der Waals surface area contributed by atoms with Crippen molar-refractivity contribution in [3.63, 3.8) is 0 Å². The Balaban J connectivity index is 2.31. The summed E-state index contributed by atoms with van der Waals surface area (Å²) < 4.78 is 15.4. The molecule has 1 aliphatic heterocycles. The minimum Gasteiger partial charge on any atom is -0.493 e. The molecule has 0 bridgehead atoms. The van der Waals surface area contributed by atoms with E-state index in [0.717, 1.165) is 4.90 Å². The number of hydrogen-bond donors (Lipinski definition) is 1. The third-order valence-corrected chi connectivity index (χ3v) is 3.65. The maximum Gasteiger partial charge on any atom is 0.344 e. The van der Waals surface area contributed by atoms with Crippen molar-refractivity contribution in [1.29, 1.82) is 0 Å². The van der Waals surface area contributed by atoms with Crippen LogP contribution in [0.4, 0.5) is 4.79 Å². The van der Waals surface area contributed by atoms with Crippen LogP contribution >= 0.6 is 0 Å². The molecule has 1 saturated heterocycles. The van der Waals surface area contributed by atoms with Gasteiger partial charge in [0.1, 0.15) is 5.57 Å². The van der Waals surface area contributed by atoms with E-state index in [2.05, 4.69) is 11.9 Å². The molecule has 0 unspecified atom stereocenters. The topological polar surface area (TPSA) is 111 Å². The summed E-state index contributed by atoms with van der Waals surface area (Å²) in [4.78, 5) is 48.6. The highest BCUT2D eigenvalue weighted by molar-refractivity contribution is 6.31. The van der Waals surface area contributed by atoms with Gasteiger partial charge in [0.25, 0.3) is 11.8 Å². The molecule has 0 aliphatic carbocycles. The number of nitrogens with one attached hydrogen (secondary N) is 1. The molecule has 1 aliphatic rings. The molecular formula is C19H20N2O7. The Hall–Kier alpha value is -3.62. The van der Waals surface area contributed by atoms with Crippen LogP contribution in [0.3, 0.4) is 0 Å². The van der Waals surface area contributed by atoms with Crippen molar-refractivity contribution in [2.24, 2.45) is 0 Å². The van der Waals surface area contributed by atoms with E-state index in [1.165, 1.54) is 25.3 Å². The molecule has 148 valence electrons. The average molecular weight is 388 g/mol. The summed E-state index contributed by atoms with van der Waals surface area (Å²) in [7, 11) is 1.43. The van der Waals surface area contributed by atoms with E-state index in [4.69, 9.17) is 14.2 Å². The Morgan fingerprint density at radius 1 is 1.25 bits per heavy atom. The van der Waals surface area contributed by atoms with Crippen molar-refractivity contribution in [3.8, 4) is 11.5 Å². The molecular weight excluding hydrogens is 368 g/mol. The minimum absolute atomic E-state index is 0.0359. The molecule has 0 aromatic heterocycles. The van der Waals surface area contributed by atoms with E-state index >= 15 is 0 Å². The maximum atomic E-state index is 12.4. The summed E-state index contributed by atoms with van der Waals surface area (Å²) in [5, 5.41) is 2.10. The molecule has 0 spiro atoms. The number of hydrogen-bond acceptors (Lipinski definition) is 7. The van der Waals surface area contributed by atoms with Gasteiger partial charge in [-0.3, -0.25) is 19.8 Å². The predicted octanol–water partition coefficient (Wildman–Crippen LogP) is 1.28. The molecule has 2 rings (SSSR count). The summed E-state index contributed by atoms with van der Waals surface area (Å²) in [6.07, 6.45) is 2.69.